The Morgan fingerprint density at radius 1 is 0.625 bits per heavy atom. The molecule has 0 fully saturated rings. The van der Waals surface area contributed by atoms with Gasteiger partial charge in [0.1, 0.15) is 0 Å². The van der Waals surface area contributed by atoms with E-state index in [1.165, 1.54) is 33.4 Å². The fraction of sp³-hybridized carbons (Fsp3) is 0.636. The molecule has 0 unspecified atom stereocenters. The van der Waals surface area contributed by atoms with Gasteiger partial charge in [0.25, 0.3) is 0 Å². The van der Waals surface area contributed by atoms with Crippen molar-refractivity contribution in [1.29, 1.82) is 0 Å². The fourth-order valence-electron chi connectivity index (χ4n) is 5.42. The molecule has 2 heteroatoms. The van der Waals surface area contributed by atoms with Crippen molar-refractivity contribution in [2.45, 2.75) is 73.9 Å². The maximum absolute atomic E-state index is 6.55. The molecular weight excluding hydrogens is 371 g/mol. The minimum atomic E-state index is -3.20. The van der Waals surface area contributed by atoms with Crippen molar-refractivity contribution in [3.63, 3.8) is 0 Å². The summed E-state index contributed by atoms with van der Waals surface area (Å²) < 4.78 is 12.3. The van der Waals surface area contributed by atoms with E-state index in [1.807, 2.05) is 7.11 Å². The summed E-state index contributed by atoms with van der Waals surface area (Å²) in [7, 11) is 1.97. The normalized spacial score (nSPS) is 24.0. The molecule has 0 amide bonds. The van der Waals surface area contributed by atoms with E-state index in [-0.39, 0.29) is 10.8 Å². The van der Waals surface area contributed by atoms with Crippen molar-refractivity contribution in [3.05, 3.63) is 40.0 Å². The van der Waals surface area contributed by atoms with Crippen LogP contribution in [0, 0.1) is 10.8 Å². The SMILES string of the molecule is C[O][Zr]([CH3])([C]1=C(C)C(C)=C(C)C1(C)C)[C]1=C(C)C(C)=C(C)C1(C)C. The van der Waals surface area contributed by atoms with Gasteiger partial charge < -0.3 is 0 Å². The topological polar surface area (TPSA) is 9.23 Å². The molecule has 0 aliphatic heterocycles. The third-order valence-corrected chi connectivity index (χ3v) is 19.1. The van der Waals surface area contributed by atoms with Gasteiger partial charge in [0, 0.05) is 0 Å². The molecule has 0 saturated carbocycles. The summed E-state index contributed by atoms with van der Waals surface area (Å²) in [5, 5.41) is 0. The van der Waals surface area contributed by atoms with Crippen molar-refractivity contribution < 1.29 is 23.5 Å². The van der Waals surface area contributed by atoms with Gasteiger partial charge in [-0.15, -0.1) is 0 Å². The van der Waals surface area contributed by atoms with Crippen LogP contribution in [-0.2, 0) is 23.5 Å². The zero-order chi connectivity index (χ0) is 18.8. The summed E-state index contributed by atoms with van der Waals surface area (Å²) in [5.41, 5.74) is 9.21. The van der Waals surface area contributed by atoms with Crippen molar-refractivity contribution in [2.75, 3.05) is 7.11 Å². The molecule has 0 aromatic carbocycles. The molecule has 1 nitrogen and oxygen atoms in total. The predicted molar refractivity (Wildman–Crippen MR) is 103 cm³/mol. The molecule has 0 atom stereocenters. The van der Waals surface area contributed by atoms with Crippen LogP contribution in [0.5, 0.6) is 0 Å². The van der Waals surface area contributed by atoms with Gasteiger partial charge in [-0.05, 0) is 0 Å². The molecule has 134 valence electrons. The van der Waals surface area contributed by atoms with E-state index in [4.69, 9.17) is 2.81 Å². The van der Waals surface area contributed by atoms with E-state index in [2.05, 4.69) is 73.9 Å². The van der Waals surface area contributed by atoms with Crippen LogP contribution in [0.25, 0.3) is 0 Å². The Morgan fingerprint density at radius 2 is 0.917 bits per heavy atom. The first kappa shape index (κ1) is 20.1. The van der Waals surface area contributed by atoms with Crippen LogP contribution >= 0.6 is 0 Å². The van der Waals surface area contributed by atoms with Gasteiger partial charge in [-0.25, -0.2) is 0 Å². The summed E-state index contributed by atoms with van der Waals surface area (Å²) in [6.45, 7) is 23.4. The van der Waals surface area contributed by atoms with E-state index in [0.29, 0.717) is 0 Å². The Morgan fingerprint density at radius 3 is 1.08 bits per heavy atom. The predicted octanol–water partition coefficient (Wildman–Crippen LogP) is 7.05. The van der Waals surface area contributed by atoms with Crippen molar-refractivity contribution >= 4 is 0 Å². The number of hydrogen-bond donors (Lipinski definition) is 0. The number of allylic oxidation sites excluding steroid dienone is 8. The molecule has 0 spiro atoms. The quantitative estimate of drug-likeness (QED) is 0.487. The molecule has 2 aliphatic carbocycles. The van der Waals surface area contributed by atoms with Gasteiger partial charge in [0.2, 0.25) is 0 Å². The Labute approximate surface area is 155 Å². The summed E-state index contributed by atoms with van der Waals surface area (Å²) in [6, 6.07) is 0. The molecule has 24 heavy (non-hydrogen) atoms. The molecule has 0 radical (unpaired) electrons. The second-order valence-electron chi connectivity index (χ2n) is 8.99. The van der Waals surface area contributed by atoms with E-state index in [1.54, 1.807) is 6.56 Å². The Kier molecular flexibility index (Phi) is 4.96. The van der Waals surface area contributed by atoms with Gasteiger partial charge in [-0.3, -0.25) is 0 Å². The second-order valence-corrected chi connectivity index (χ2v) is 17.5. The van der Waals surface area contributed by atoms with E-state index in [9.17, 15) is 0 Å². The standard InChI is InChI=1S/2C10H15.CH3O.CH3.Zr/c2*1-7-6-10(4,5)9(3)8(7)2;1-2;;/h2*1-5H3;1H3;1H3;/q;;-1;;+1. The number of hydrogen-bond acceptors (Lipinski definition) is 1. The molecule has 2 rings (SSSR count). The average molecular weight is 408 g/mol. The van der Waals surface area contributed by atoms with Gasteiger partial charge in [0.05, 0.1) is 0 Å². The minimum absolute atomic E-state index is 0.114. The first-order valence-electron chi connectivity index (χ1n) is 9.11. The first-order valence-corrected chi connectivity index (χ1v) is 15.0. The fourth-order valence-corrected chi connectivity index (χ4v) is 18.3. The monoisotopic (exact) mass is 406 g/mol. The van der Waals surface area contributed by atoms with E-state index < -0.39 is 20.7 Å². The maximum atomic E-state index is 6.55. The van der Waals surface area contributed by atoms with Crippen LogP contribution in [0.1, 0.15) is 69.2 Å². The van der Waals surface area contributed by atoms with Crippen LogP contribution < -0.4 is 0 Å². The first-order chi connectivity index (χ1) is 10.8. The van der Waals surface area contributed by atoms with Crippen molar-refractivity contribution in [1.82, 2.24) is 0 Å². The second kappa shape index (κ2) is 5.92. The summed E-state index contributed by atoms with van der Waals surface area (Å²) in [4.78, 5) is 0. The van der Waals surface area contributed by atoms with Gasteiger partial charge in [0.15, 0.2) is 0 Å². The van der Waals surface area contributed by atoms with Gasteiger partial charge in [-0.2, -0.15) is 0 Å². The third kappa shape index (κ3) is 2.39. The van der Waals surface area contributed by atoms with Crippen molar-refractivity contribution in [2.24, 2.45) is 10.8 Å². The van der Waals surface area contributed by atoms with Crippen molar-refractivity contribution in [3.8, 4) is 0 Å². The molecule has 0 N–H and O–H groups in total. The van der Waals surface area contributed by atoms with Crippen LogP contribution in [0.15, 0.2) is 40.0 Å². The molecule has 0 aromatic rings. The molecule has 0 saturated heterocycles. The average Bonchev–Trinajstić information content (AvgIpc) is 2.74. The Balaban J connectivity index is 2.78. The van der Waals surface area contributed by atoms with E-state index in [0.717, 1.165) is 0 Å². The molecule has 0 heterocycles. The van der Waals surface area contributed by atoms with E-state index >= 15 is 0 Å². The summed E-state index contributed by atoms with van der Waals surface area (Å²) >= 11 is -3.20. The molecule has 2 aliphatic rings. The zero-order valence-electron chi connectivity index (χ0n) is 17.9. The van der Waals surface area contributed by atoms with Gasteiger partial charge >= 0.3 is 155 Å². The molecule has 0 bridgehead atoms. The third-order valence-electron chi connectivity index (χ3n) is 7.49. The number of rotatable bonds is 3. The van der Waals surface area contributed by atoms with Crippen LogP contribution in [0.3, 0.4) is 0 Å². The summed E-state index contributed by atoms with van der Waals surface area (Å²) in [5.74, 6) is 0. The van der Waals surface area contributed by atoms with Crippen LogP contribution in [-0.4, -0.2) is 7.11 Å². The van der Waals surface area contributed by atoms with Crippen LogP contribution in [0.2, 0.25) is 4.63 Å². The van der Waals surface area contributed by atoms with Crippen LogP contribution in [0.4, 0.5) is 0 Å². The van der Waals surface area contributed by atoms with Gasteiger partial charge in [-0.1, -0.05) is 0 Å². The molecular formula is C22H36OZr. The zero-order valence-corrected chi connectivity index (χ0v) is 20.4. The molecule has 0 aromatic heterocycles. The Hall–Kier alpha value is -0.197. The Bertz CT molecular complexity index is 665. The summed E-state index contributed by atoms with van der Waals surface area (Å²) in [6.07, 6.45) is 0.